The third-order valence-corrected chi connectivity index (χ3v) is 7.01. The first kappa shape index (κ1) is 19.3. The minimum Gasteiger partial charge on any atom is -0.378 e. The molecule has 26 heavy (non-hydrogen) atoms. The van der Waals surface area contributed by atoms with E-state index in [2.05, 4.69) is 5.32 Å². The van der Waals surface area contributed by atoms with Gasteiger partial charge in [0.15, 0.2) is 0 Å². The minimum absolute atomic E-state index is 0.0490. The predicted molar refractivity (Wildman–Crippen MR) is 98.5 cm³/mol. The third-order valence-electron chi connectivity index (χ3n) is 4.97. The number of amides is 1. The zero-order valence-electron chi connectivity index (χ0n) is 15.4. The second-order valence-corrected chi connectivity index (χ2v) is 8.89. The predicted octanol–water partition coefficient (Wildman–Crippen LogP) is 0.515. The topological polar surface area (TPSA) is 79.0 Å². The second-order valence-electron chi connectivity index (χ2n) is 6.98. The summed E-state index contributed by atoms with van der Waals surface area (Å²) in [7, 11) is -3.53. The molecule has 3 rings (SSSR count). The molecule has 0 saturated carbocycles. The van der Waals surface area contributed by atoms with E-state index in [1.807, 2.05) is 26.0 Å². The summed E-state index contributed by atoms with van der Waals surface area (Å²) in [6.45, 7) is 7.20. The number of nitrogens with one attached hydrogen (secondary N) is 1. The summed E-state index contributed by atoms with van der Waals surface area (Å²) in [6, 6.07) is 5.51. The highest BCUT2D eigenvalue weighted by Crippen LogP contribution is 2.22. The van der Waals surface area contributed by atoms with Crippen molar-refractivity contribution in [1.29, 1.82) is 0 Å². The van der Waals surface area contributed by atoms with E-state index in [-0.39, 0.29) is 11.9 Å². The van der Waals surface area contributed by atoms with E-state index in [1.54, 1.807) is 11.0 Å². The van der Waals surface area contributed by atoms with E-state index in [9.17, 15) is 13.2 Å². The summed E-state index contributed by atoms with van der Waals surface area (Å²) in [4.78, 5) is 14.6. The molecule has 7 nitrogen and oxygen atoms in total. The highest BCUT2D eigenvalue weighted by molar-refractivity contribution is 7.89. The number of morpholine rings is 1. The van der Waals surface area contributed by atoms with E-state index in [1.165, 1.54) is 4.31 Å². The van der Waals surface area contributed by atoms with Crippen molar-refractivity contribution in [2.75, 3.05) is 45.9 Å². The fourth-order valence-corrected chi connectivity index (χ4v) is 5.12. The van der Waals surface area contributed by atoms with Crippen molar-refractivity contribution in [1.82, 2.24) is 14.5 Å². The molecule has 8 heteroatoms. The van der Waals surface area contributed by atoms with Crippen molar-refractivity contribution in [2.45, 2.75) is 31.2 Å². The van der Waals surface area contributed by atoms with Gasteiger partial charge in [0.1, 0.15) is 0 Å². The number of hydrogen-bond acceptors (Lipinski definition) is 5. The van der Waals surface area contributed by atoms with E-state index < -0.39 is 10.0 Å². The number of carbonyl (C=O) groups is 1. The van der Waals surface area contributed by atoms with Crippen LogP contribution in [0.3, 0.4) is 0 Å². The molecule has 1 N–H and O–H groups in total. The van der Waals surface area contributed by atoms with Crippen LogP contribution in [0.2, 0.25) is 0 Å². The van der Waals surface area contributed by atoms with Crippen LogP contribution >= 0.6 is 0 Å². The second kappa shape index (κ2) is 8.04. The largest absolute Gasteiger partial charge is 0.378 e. The SMILES string of the molecule is Cc1ccc(C)c(S(=O)(=O)N2CCN(C(=O)CC3COCCN3)CC2)c1. The lowest BCUT2D eigenvalue weighted by Gasteiger charge is -2.35. The van der Waals surface area contributed by atoms with Gasteiger partial charge in [-0.25, -0.2) is 8.42 Å². The van der Waals surface area contributed by atoms with Crippen molar-refractivity contribution >= 4 is 15.9 Å². The number of piperazine rings is 1. The lowest BCUT2D eigenvalue weighted by molar-refractivity contribution is -0.133. The first-order chi connectivity index (χ1) is 12.4. The summed E-state index contributed by atoms with van der Waals surface area (Å²) < 4.78 is 32.8. The first-order valence-corrected chi connectivity index (χ1v) is 10.5. The Morgan fingerprint density at radius 3 is 2.62 bits per heavy atom. The van der Waals surface area contributed by atoms with E-state index in [0.717, 1.165) is 17.7 Å². The van der Waals surface area contributed by atoms with Crippen LogP contribution < -0.4 is 5.32 Å². The summed E-state index contributed by atoms with van der Waals surface area (Å²) in [5, 5.41) is 3.28. The Hall–Kier alpha value is -1.48. The maximum atomic E-state index is 12.9. The third kappa shape index (κ3) is 4.25. The van der Waals surface area contributed by atoms with Gasteiger partial charge in [-0.15, -0.1) is 0 Å². The zero-order chi connectivity index (χ0) is 18.7. The number of benzene rings is 1. The number of sulfonamides is 1. The molecule has 1 atom stereocenters. The Morgan fingerprint density at radius 2 is 1.96 bits per heavy atom. The van der Waals surface area contributed by atoms with Gasteiger partial charge in [0, 0.05) is 45.2 Å². The number of nitrogens with zero attached hydrogens (tertiary/aromatic N) is 2. The van der Waals surface area contributed by atoms with Crippen molar-refractivity contribution in [3.05, 3.63) is 29.3 Å². The van der Waals surface area contributed by atoms with Gasteiger partial charge in [0.25, 0.3) is 0 Å². The number of ether oxygens (including phenoxy) is 1. The van der Waals surface area contributed by atoms with Gasteiger partial charge in [0.2, 0.25) is 15.9 Å². The lowest BCUT2D eigenvalue weighted by Crippen LogP contribution is -2.52. The number of carbonyl (C=O) groups excluding carboxylic acids is 1. The van der Waals surface area contributed by atoms with E-state index in [0.29, 0.717) is 50.7 Å². The van der Waals surface area contributed by atoms with Crippen molar-refractivity contribution in [2.24, 2.45) is 0 Å². The molecular weight excluding hydrogens is 354 g/mol. The molecule has 2 fully saturated rings. The van der Waals surface area contributed by atoms with E-state index in [4.69, 9.17) is 4.74 Å². The highest BCUT2D eigenvalue weighted by Gasteiger charge is 2.31. The molecule has 1 aromatic rings. The summed E-state index contributed by atoms with van der Waals surface area (Å²) in [6.07, 6.45) is 0.393. The molecule has 2 aliphatic heterocycles. The maximum absolute atomic E-state index is 12.9. The molecule has 2 heterocycles. The van der Waals surface area contributed by atoms with Gasteiger partial charge < -0.3 is 15.0 Å². The van der Waals surface area contributed by atoms with Crippen LogP contribution in [-0.4, -0.2) is 75.5 Å². The van der Waals surface area contributed by atoms with Gasteiger partial charge in [-0.05, 0) is 31.0 Å². The highest BCUT2D eigenvalue weighted by atomic mass is 32.2. The summed E-state index contributed by atoms with van der Waals surface area (Å²) in [5.74, 6) is 0.0526. The van der Waals surface area contributed by atoms with Crippen LogP contribution in [-0.2, 0) is 19.6 Å². The van der Waals surface area contributed by atoms with Crippen molar-refractivity contribution in [3.63, 3.8) is 0 Å². The van der Waals surface area contributed by atoms with Gasteiger partial charge >= 0.3 is 0 Å². The first-order valence-electron chi connectivity index (χ1n) is 9.04. The van der Waals surface area contributed by atoms with Gasteiger partial charge in [0.05, 0.1) is 18.1 Å². The molecule has 1 unspecified atom stereocenters. The molecule has 2 saturated heterocycles. The Balaban J connectivity index is 1.60. The molecule has 1 aromatic carbocycles. The summed E-state index contributed by atoms with van der Waals surface area (Å²) >= 11 is 0. The van der Waals surface area contributed by atoms with Gasteiger partial charge in [-0.2, -0.15) is 4.31 Å². The Kier molecular flexibility index (Phi) is 5.96. The van der Waals surface area contributed by atoms with Crippen molar-refractivity contribution < 1.29 is 17.9 Å². The standard InChI is InChI=1S/C18H27N3O4S/c1-14-3-4-15(2)17(11-14)26(23,24)21-8-6-20(7-9-21)18(22)12-16-13-25-10-5-19-16/h3-4,11,16,19H,5-10,12-13H2,1-2H3. The molecule has 0 radical (unpaired) electrons. The van der Waals surface area contributed by atoms with Crippen LogP contribution in [0, 0.1) is 13.8 Å². The lowest BCUT2D eigenvalue weighted by atomic mass is 10.1. The van der Waals surface area contributed by atoms with Crippen LogP contribution in [0.5, 0.6) is 0 Å². The van der Waals surface area contributed by atoms with E-state index >= 15 is 0 Å². The number of hydrogen-bond donors (Lipinski definition) is 1. The summed E-state index contributed by atoms with van der Waals surface area (Å²) in [5.41, 5.74) is 1.67. The Labute approximate surface area is 155 Å². The molecular formula is C18H27N3O4S. The van der Waals surface area contributed by atoms with Gasteiger partial charge in [-0.3, -0.25) is 4.79 Å². The normalized spacial score (nSPS) is 22.4. The van der Waals surface area contributed by atoms with Crippen LogP contribution in [0.4, 0.5) is 0 Å². The molecule has 144 valence electrons. The Morgan fingerprint density at radius 1 is 1.23 bits per heavy atom. The van der Waals surface area contributed by atoms with Crippen LogP contribution in [0.15, 0.2) is 23.1 Å². The fourth-order valence-electron chi connectivity index (χ4n) is 3.39. The van der Waals surface area contributed by atoms with Gasteiger partial charge in [-0.1, -0.05) is 12.1 Å². The van der Waals surface area contributed by atoms with Crippen LogP contribution in [0.25, 0.3) is 0 Å². The number of aryl methyl sites for hydroxylation is 2. The fraction of sp³-hybridized carbons (Fsp3) is 0.611. The average Bonchev–Trinajstić information content (AvgIpc) is 2.64. The van der Waals surface area contributed by atoms with Crippen LogP contribution in [0.1, 0.15) is 17.5 Å². The number of rotatable bonds is 4. The molecule has 0 bridgehead atoms. The molecule has 2 aliphatic rings. The molecule has 0 aromatic heterocycles. The Bertz CT molecular complexity index is 752. The average molecular weight is 381 g/mol. The maximum Gasteiger partial charge on any atom is 0.243 e. The molecule has 0 spiro atoms. The van der Waals surface area contributed by atoms with Crippen molar-refractivity contribution in [3.8, 4) is 0 Å². The molecule has 0 aliphatic carbocycles. The molecule has 1 amide bonds. The monoisotopic (exact) mass is 381 g/mol. The quantitative estimate of drug-likeness (QED) is 0.822. The zero-order valence-corrected chi connectivity index (χ0v) is 16.2. The minimum atomic E-state index is -3.53. The smallest absolute Gasteiger partial charge is 0.243 e.